The molecule has 82 valence electrons. The lowest BCUT2D eigenvalue weighted by molar-refractivity contribution is 0.665. The van der Waals surface area contributed by atoms with E-state index >= 15 is 0 Å². The molecule has 0 bridgehead atoms. The Morgan fingerprint density at radius 1 is 1.06 bits per heavy atom. The van der Waals surface area contributed by atoms with Crippen LogP contribution in [0, 0.1) is 6.92 Å². The van der Waals surface area contributed by atoms with Gasteiger partial charge in [0.2, 0.25) is 0 Å². The highest BCUT2D eigenvalue weighted by Gasteiger charge is 1.95. The fraction of sp³-hybridized carbons (Fsp3) is 0.250. The van der Waals surface area contributed by atoms with Gasteiger partial charge in [-0.1, -0.05) is 6.07 Å². The van der Waals surface area contributed by atoms with Gasteiger partial charge in [-0.3, -0.25) is 4.98 Å². The van der Waals surface area contributed by atoms with Crippen molar-refractivity contribution < 1.29 is 0 Å². The molecular weight excluding hydrogens is 200 g/mol. The predicted molar refractivity (Wildman–Crippen MR) is 61.5 cm³/mol. The molecular formula is C12H14N4. The van der Waals surface area contributed by atoms with E-state index in [1.54, 1.807) is 12.5 Å². The second-order valence-electron chi connectivity index (χ2n) is 3.63. The molecule has 16 heavy (non-hydrogen) atoms. The molecule has 0 fully saturated rings. The Kier molecular flexibility index (Phi) is 3.56. The summed E-state index contributed by atoms with van der Waals surface area (Å²) < 4.78 is 0. The Morgan fingerprint density at radius 3 is 2.50 bits per heavy atom. The van der Waals surface area contributed by atoms with E-state index in [1.165, 1.54) is 5.56 Å². The summed E-state index contributed by atoms with van der Waals surface area (Å²) in [5, 5.41) is 3.28. The van der Waals surface area contributed by atoms with Crippen molar-refractivity contribution in [2.45, 2.75) is 20.0 Å². The van der Waals surface area contributed by atoms with Crippen LogP contribution in [0.25, 0.3) is 0 Å². The van der Waals surface area contributed by atoms with Crippen molar-refractivity contribution in [2.24, 2.45) is 0 Å². The highest BCUT2D eigenvalue weighted by atomic mass is 14.9. The van der Waals surface area contributed by atoms with E-state index in [9.17, 15) is 0 Å². The van der Waals surface area contributed by atoms with Crippen LogP contribution in [0.2, 0.25) is 0 Å². The first-order valence-corrected chi connectivity index (χ1v) is 5.22. The molecule has 0 aliphatic rings. The number of hydrogen-bond donors (Lipinski definition) is 1. The van der Waals surface area contributed by atoms with Crippen LogP contribution in [0.5, 0.6) is 0 Å². The van der Waals surface area contributed by atoms with Crippen molar-refractivity contribution >= 4 is 0 Å². The zero-order chi connectivity index (χ0) is 11.2. The van der Waals surface area contributed by atoms with Gasteiger partial charge in [0.15, 0.2) is 0 Å². The predicted octanol–water partition coefficient (Wildman–Crippen LogP) is 1.47. The molecule has 2 aromatic heterocycles. The van der Waals surface area contributed by atoms with E-state index in [0.717, 1.165) is 24.5 Å². The van der Waals surface area contributed by atoms with Crippen LogP contribution in [-0.4, -0.2) is 15.0 Å². The zero-order valence-electron chi connectivity index (χ0n) is 9.22. The van der Waals surface area contributed by atoms with Gasteiger partial charge in [0.05, 0.1) is 11.4 Å². The number of pyridine rings is 1. The minimum absolute atomic E-state index is 0.734. The first-order chi connectivity index (χ1) is 7.84. The Balaban J connectivity index is 1.82. The second kappa shape index (κ2) is 5.32. The quantitative estimate of drug-likeness (QED) is 0.837. The van der Waals surface area contributed by atoms with Crippen LogP contribution >= 0.6 is 0 Å². The molecule has 0 aliphatic carbocycles. The van der Waals surface area contributed by atoms with Crippen molar-refractivity contribution in [3.63, 3.8) is 0 Å². The van der Waals surface area contributed by atoms with Gasteiger partial charge in [-0.05, 0) is 24.6 Å². The van der Waals surface area contributed by atoms with Crippen LogP contribution in [0.15, 0.2) is 36.9 Å². The molecule has 4 heteroatoms. The largest absolute Gasteiger partial charge is 0.306 e. The van der Waals surface area contributed by atoms with E-state index in [4.69, 9.17) is 0 Å². The topological polar surface area (TPSA) is 50.7 Å². The van der Waals surface area contributed by atoms with Gasteiger partial charge in [-0.25, -0.2) is 9.97 Å². The third-order valence-electron chi connectivity index (χ3n) is 2.23. The lowest BCUT2D eigenvalue weighted by atomic mass is 10.3. The van der Waals surface area contributed by atoms with E-state index in [2.05, 4.69) is 26.3 Å². The van der Waals surface area contributed by atoms with Gasteiger partial charge in [0, 0.05) is 25.5 Å². The Hall–Kier alpha value is -1.81. The van der Waals surface area contributed by atoms with Crippen molar-refractivity contribution in [3.05, 3.63) is 53.9 Å². The third kappa shape index (κ3) is 3.10. The minimum Gasteiger partial charge on any atom is -0.306 e. The van der Waals surface area contributed by atoms with Gasteiger partial charge in [0.25, 0.3) is 0 Å². The van der Waals surface area contributed by atoms with E-state index in [1.807, 2.05) is 25.3 Å². The number of aryl methyl sites for hydroxylation is 1. The summed E-state index contributed by atoms with van der Waals surface area (Å²) in [5.41, 5.74) is 3.21. The molecule has 0 amide bonds. The third-order valence-corrected chi connectivity index (χ3v) is 2.23. The average molecular weight is 214 g/mol. The van der Waals surface area contributed by atoms with Crippen molar-refractivity contribution in [1.29, 1.82) is 0 Å². The lowest BCUT2D eigenvalue weighted by Gasteiger charge is -2.03. The van der Waals surface area contributed by atoms with Gasteiger partial charge in [-0.2, -0.15) is 0 Å². The highest BCUT2D eigenvalue weighted by Crippen LogP contribution is 1.98. The van der Waals surface area contributed by atoms with Crippen molar-refractivity contribution in [1.82, 2.24) is 20.3 Å². The van der Waals surface area contributed by atoms with Gasteiger partial charge >= 0.3 is 0 Å². The summed E-state index contributed by atoms with van der Waals surface area (Å²) in [7, 11) is 0. The number of nitrogens with zero attached hydrogens (tertiary/aromatic N) is 3. The molecule has 4 nitrogen and oxygen atoms in total. The molecule has 0 unspecified atom stereocenters. The summed E-state index contributed by atoms with van der Waals surface area (Å²) in [6.07, 6.45) is 5.18. The summed E-state index contributed by atoms with van der Waals surface area (Å²) in [6, 6.07) is 5.99. The van der Waals surface area contributed by atoms with Crippen LogP contribution in [0.1, 0.15) is 17.0 Å². The number of rotatable bonds is 4. The fourth-order valence-electron chi connectivity index (χ4n) is 1.34. The van der Waals surface area contributed by atoms with Gasteiger partial charge in [-0.15, -0.1) is 0 Å². The van der Waals surface area contributed by atoms with E-state index in [-0.39, 0.29) is 0 Å². The standard InChI is InChI=1S/C12H14N4/c1-10-2-3-11(15-6-10)7-14-8-12-4-5-13-9-16-12/h2-6,9,14H,7-8H2,1H3. The number of nitrogens with one attached hydrogen (secondary N) is 1. The number of hydrogen-bond acceptors (Lipinski definition) is 4. The van der Waals surface area contributed by atoms with Crippen LogP contribution < -0.4 is 5.32 Å². The maximum atomic E-state index is 4.31. The lowest BCUT2D eigenvalue weighted by Crippen LogP contribution is -2.14. The summed E-state index contributed by atoms with van der Waals surface area (Å²) in [4.78, 5) is 12.3. The molecule has 0 atom stereocenters. The van der Waals surface area contributed by atoms with Crippen LogP contribution in [0.4, 0.5) is 0 Å². The van der Waals surface area contributed by atoms with Crippen LogP contribution in [0.3, 0.4) is 0 Å². The molecule has 2 heterocycles. The molecule has 0 spiro atoms. The number of aromatic nitrogens is 3. The normalized spacial score (nSPS) is 10.3. The zero-order valence-corrected chi connectivity index (χ0v) is 9.22. The molecule has 2 rings (SSSR count). The van der Waals surface area contributed by atoms with Crippen molar-refractivity contribution in [3.8, 4) is 0 Å². The second-order valence-corrected chi connectivity index (χ2v) is 3.63. The van der Waals surface area contributed by atoms with E-state index < -0.39 is 0 Å². The summed E-state index contributed by atoms with van der Waals surface area (Å²) in [5.74, 6) is 0. The first kappa shape index (κ1) is 10.7. The Bertz CT molecular complexity index is 425. The van der Waals surface area contributed by atoms with E-state index in [0.29, 0.717) is 0 Å². The smallest absolute Gasteiger partial charge is 0.115 e. The summed E-state index contributed by atoms with van der Waals surface area (Å²) >= 11 is 0. The average Bonchev–Trinajstić information content (AvgIpc) is 2.33. The Morgan fingerprint density at radius 2 is 1.88 bits per heavy atom. The maximum absolute atomic E-state index is 4.31. The minimum atomic E-state index is 0.734. The van der Waals surface area contributed by atoms with Gasteiger partial charge < -0.3 is 5.32 Å². The molecule has 0 aliphatic heterocycles. The van der Waals surface area contributed by atoms with Crippen LogP contribution in [-0.2, 0) is 13.1 Å². The Labute approximate surface area is 94.8 Å². The van der Waals surface area contributed by atoms with Gasteiger partial charge in [0.1, 0.15) is 6.33 Å². The molecule has 1 N–H and O–H groups in total. The molecule has 0 saturated carbocycles. The fourth-order valence-corrected chi connectivity index (χ4v) is 1.34. The molecule has 2 aromatic rings. The molecule has 0 aromatic carbocycles. The molecule has 0 saturated heterocycles. The first-order valence-electron chi connectivity index (χ1n) is 5.22. The SMILES string of the molecule is Cc1ccc(CNCc2ccncn2)nc1. The van der Waals surface area contributed by atoms with Crippen molar-refractivity contribution in [2.75, 3.05) is 0 Å². The summed E-state index contributed by atoms with van der Waals surface area (Å²) in [6.45, 7) is 3.52. The monoisotopic (exact) mass is 214 g/mol. The highest BCUT2D eigenvalue weighted by molar-refractivity contribution is 5.12. The maximum Gasteiger partial charge on any atom is 0.115 e. The molecule has 0 radical (unpaired) electrons.